The normalized spacial score (nSPS) is 8.46. The lowest BCUT2D eigenvalue weighted by molar-refractivity contribution is 0.412. The van der Waals surface area contributed by atoms with E-state index in [0.29, 0.717) is 11.8 Å². The first-order chi connectivity index (χ1) is 6.13. The topological polar surface area (TPSA) is 18.5 Å². The molecule has 0 atom stereocenters. The maximum atomic E-state index is 4.98. The molecule has 2 nitrogen and oxygen atoms in total. The van der Waals surface area contributed by atoms with E-state index in [9.17, 15) is 0 Å². The molecule has 0 saturated heterocycles. The lowest BCUT2D eigenvalue weighted by Crippen LogP contribution is -1.96. The van der Waals surface area contributed by atoms with Crippen LogP contribution in [-0.4, -0.2) is 10.0 Å². The van der Waals surface area contributed by atoms with Gasteiger partial charge in [-0.25, -0.2) is 0 Å². The van der Waals surface area contributed by atoms with Gasteiger partial charge in [0.25, 0.3) is 0 Å². The number of rotatable bonds is 2. The molecule has 72 valence electrons. The van der Waals surface area contributed by atoms with E-state index < -0.39 is 10.0 Å². The molecule has 0 amide bonds. The van der Waals surface area contributed by atoms with Gasteiger partial charge in [-0.2, -0.15) is 0 Å². The predicted octanol–water partition coefficient (Wildman–Crippen LogP) is 1.25. The van der Waals surface area contributed by atoms with Gasteiger partial charge < -0.3 is 8.85 Å². The second kappa shape index (κ2) is 7.58. The molecule has 0 rings (SSSR count). The molecule has 0 bridgehead atoms. The van der Waals surface area contributed by atoms with Gasteiger partial charge in [-0.05, 0) is 0 Å². The molecular weight excluding hydrogens is 180 g/mol. The van der Waals surface area contributed by atoms with Crippen molar-refractivity contribution in [1.82, 2.24) is 0 Å². The van der Waals surface area contributed by atoms with Crippen LogP contribution in [0.2, 0.25) is 0 Å². The Hall–Kier alpha value is -1.06. The van der Waals surface area contributed by atoms with Crippen LogP contribution >= 0.6 is 0 Å². The van der Waals surface area contributed by atoms with E-state index in [0.717, 1.165) is 0 Å². The zero-order valence-corrected chi connectivity index (χ0v) is 10.1. The Kier molecular flexibility index (Phi) is 6.96. The van der Waals surface area contributed by atoms with Gasteiger partial charge in [-0.15, -0.1) is 0 Å². The molecule has 3 heteroatoms. The van der Waals surface area contributed by atoms with Gasteiger partial charge >= 0.3 is 10.0 Å². The first-order valence-electron chi connectivity index (χ1n) is 4.37. The standard InChI is InChI=1S/C10H16O2Si/c1-9(2)5-7-11-13-12-8-6-10(3)4/h9-10H,13H2,1-4H3. The van der Waals surface area contributed by atoms with Gasteiger partial charge in [-0.3, -0.25) is 0 Å². The largest absolute Gasteiger partial charge is 0.467 e. The van der Waals surface area contributed by atoms with E-state index in [1.807, 2.05) is 27.7 Å². The van der Waals surface area contributed by atoms with Crippen molar-refractivity contribution in [3.05, 3.63) is 0 Å². The first-order valence-corrected chi connectivity index (χ1v) is 5.53. The van der Waals surface area contributed by atoms with Crippen LogP contribution in [0.25, 0.3) is 0 Å². The third-order valence-electron chi connectivity index (χ3n) is 0.957. The molecule has 0 aromatic carbocycles. The van der Waals surface area contributed by atoms with Crippen molar-refractivity contribution < 1.29 is 8.85 Å². The highest BCUT2D eigenvalue weighted by Crippen LogP contribution is 1.86. The second-order valence-electron chi connectivity index (χ2n) is 3.21. The quantitative estimate of drug-likeness (QED) is 0.376. The molecule has 0 heterocycles. The molecule has 0 spiro atoms. The fraction of sp³-hybridized carbons (Fsp3) is 0.600. The van der Waals surface area contributed by atoms with Crippen LogP contribution in [0.4, 0.5) is 0 Å². The summed E-state index contributed by atoms with van der Waals surface area (Å²) in [6.45, 7) is 8.05. The Morgan fingerprint density at radius 1 is 0.846 bits per heavy atom. The fourth-order valence-electron chi connectivity index (χ4n) is 0.407. The van der Waals surface area contributed by atoms with Crippen molar-refractivity contribution in [2.75, 3.05) is 0 Å². The van der Waals surface area contributed by atoms with Crippen LogP contribution in [0.5, 0.6) is 0 Å². The maximum Gasteiger partial charge on any atom is 0.446 e. The zero-order chi connectivity index (χ0) is 10.1. The molecule has 13 heavy (non-hydrogen) atoms. The minimum absolute atomic E-state index is 0.343. The van der Waals surface area contributed by atoms with Gasteiger partial charge in [0.05, 0.1) is 12.2 Å². The minimum Gasteiger partial charge on any atom is -0.467 e. The Bertz CT molecular complexity index is 211. The van der Waals surface area contributed by atoms with Gasteiger partial charge in [-0.1, -0.05) is 39.5 Å². The van der Waals surface area contributed by atoms with Gasteiger partial charge in [0.15, 0.2) is 0 Å². The molecule has 0 aromatic heterocycles. The molecule has 0 aromatic rings. The highest BCUT2D eigenvalue weighted by atomic mass is 28.3. The van der Waals surface area contributed by atoms with Crippen molar-refractivity contribution in [2.24, 2.45) is 11.8 Å². The van der Waals surface area contributed by atoms with Crippen molar-refractivity contribution in [3.63, 3.8) is 0 Å². The molecule has 0 aliphatic rings. The number of hydrogen-bond donors (Lipinski definition) is 0. The maximum absolute atomic E-state index is 4.98. The van der Waals surface area contributed by atoms with E-state index in [-0.39, 0.29) is 0 Å². The van der Waals surface area contributed by atoms with Crippen LogP contribution in [0, 0.1) is 35.9 Å². The van der Waals surface area contributed by atoms with Crippen LogP contribution in [0.3, 0.4) is 0 Å². The summed E-state index contributed by atoms with van der Waals surface area (Å²) >= 11 is 0. The first kappa shape index (κ1) is 11.9. The molecule has 0 radical (unpaired) electrons. The molecule has 0 fully saturated rings. The minimum atomic E-state index is -1.02. The third-order valence-corrected chi connectivity index (χ3v) is 1.48. The molecule has 0 saturated carbocycles. The second-order valence-corrected chi connectivity index (χ2v) is 4.02. The van der Waals surface area contributed by atoms with E-state index in [4.69, 9.17) is 8.85 Å². The summed E-state index contributed by atoms with van der Waals surface area (Å²) in [4.78, 5) is 0. The van der Waals surface area contributed by atoms with Crippen LogP contribution in [0.15, 0.2) is 0 Å². The molecular formula is C10H16O2Si. The van der Waals surface area contributed by atoms with Crippen molar-refractivity contribution in [3.8, 4) is 24.1 Å². The Morgan fingerprint density at radius 3 is 1.54 bits per heavy atom. The van der Waals surface area contributed by atoms with Gasteiger partial charge in [0.2, 0.25) is 0 Å². The molecule has 0 aliphatic heterocycles. The Labute approximate surface area is 83.1 Å². The predicted molar refractivity (Wildman–Crippen MR) is 55.9 cm³/mol. The average Bonchev–Trinajstić information content (AvgIpc) is 2.01. The summed E-state index contributed by atoms with van der Waals surface area (Å²) in [5, 5.41) is 0. The van der Waals surface area contributed by atoms with Crippen molar-refractivity contribution in [1.29, 1.82) is 0 Å². The lowest BCUT2D eigenvalue weighted by atomic mass is 10.2. The lowest BCUT2D eigenvalue weighted by Gasteiger charge is -1.93. The summed E-state index contributed by atoms with van der Waals surface area (Å²) < 4.78 is 9.96. The molecule has 0 aliphatic carbocycles. The van der Waals surface area contributed by atoms with Gasteiger partial charge in [0.1, 0.15) is 0 Å². The van der Waals surface area contributed by atoms with E-state index in [1.165, 1.54) is 0 Å². The Balaban J connectivity index is 3.40. The summed E-state index contributed by atoms with van der Waals surface area (Å²) in [7, 11) is -1.02. The number of hydrogen-bond acceptors (Lipinski definition) is 2. The summed E-state index contributed by atoms with van der Waals surface area (Å²) in [6, 6.07) is 0. The van der Waals surface area contributed by atoms with E-state index in [1.54, 1.807) is 0 Å². The average molecular weight is 196 g/mol. The third kappa shape index (κ3) is 10.9. The van der Waals surface area contributed by atoms with E-state index in [2.05, 4.69) is 24.1 Å². The zero-order valence-electron chi connectivity index (χ0n) is 8.68. The molecule has 0 N–H and O–H groups in total. The van der Waals surface area contributed by atoms with E-state index >= 15 is 0 Å². The summed E-state index contributed by atoms with van der Waals surface area (Å²) in [6.07, 6.45) is 5.18. The van der Waals surface area contributed by atoms with Gasteiger partial charge in [0, 0.05) is 11.8 Å². The van der Waals surface area contributed by atoms with Crippen LogP contribution in [0.1, 0.15) is 27.7 Å². The molecule has 0 unspecified atom stereocenters. The highest BCUT2D eigenvalue weighted by molar-refractivity contribution is 6.19. The van der Waals surface area contributed by atoms with Crippen LogP contribution in [-0.2, 0) is 8.85 Å². The highest BCUT2D eigenvalue weighted by Gasteiger charge is 1.84. The summed E-state index contributed by atoms with van der Waals surface area (Å²) in [5.41, 5.74) is 0. The SMILES string of the molecule is CC(C)C#CO[SiH2]OC#CC(C)C. The fourth-order valence-corrected chi connectivity index (χ4v) is 0.751. The Morgan fingerprint density at radius 2 is 1.23 bits per heavy atom. The summed E-state index contributed by atoms with van der Waals surface area (Å²) in [5.74, 6) is 6.45. The van der Waals surface area contributed by atoms with Crippen molar-refractivity contribution >= 4 is 10.0 Å². The van der Waals surface area contributed by atoms with Crippen molar-refractivity contribution in [2.45, 2.75) is 27.7 Å². The smallest absolute Gasteiger partial charge is 0.446 e. The van der Waals surface area contributed by atoms with Crippen LogP contribution < -0.4 is 0 Å². The monoisotopic (exact) mass is 196 g/mol.